The number of rotatable bonds is 6. The monoisotopic (exact) mass is 499 g/mol. The van der Waals surface area contributed by atoms with Crippen LogP contribution in [0.5, 0.6) is 5.75 Å². The summed E-state index contributed by atoms with van der Waals surface area (Å²) in [7, 11) is 1.56. The Labute approximate surface area is 211 Å². The number of hydrogen-bond acceptors (Lipinski definition) is 5. The third kappa shape index (κ3) is 6.66. The van der Waals surface area contributed by atoms with E-state index < -0.39 is 12.1 Å². The second-order valence-electron chi connectivity index (χ2n) is 8.98. The number of carbonyl (C=O) groups excluding carboxylic acids is 2. The minimum Gasteiger partial charge on any atom is -0.496 e. The molecular formula is C26H34ClN5O3. The number of benzene rings is 2. The molecule has 2 aliphatic rings. The van der Waals surface area contributed by atoms with Crippen molar-refractivity contribution in [2.24, 2.45) is 0 Å². The van der Waals surface area contributed by atoms with E-state index in [1.165, 1.54) is 12.8 Å². The molecule has 3 amide bonds. The van der Waals surface area contributed by atoms with E-state index in [9.17, 15) is 9.59 Å². The normalized spacial score (nSPS) is 19.9. The second kappa shape index (κ2) is 12.2. The fourth-order valence-electron chi connectivity index (χ4n) is 4.86. The Kier molecular flexibility index (Phi) is 8.84. The number of nitrogens with zero attached hydrogens (tertiary/aromatic N) is 2. The zero-order valence-electron chi connectivity index (χ0n) is 20.1. The lowest BCUT2D eigenvalue weighted by Gasteiger charge is -2.40. The van der Waals surface area contributed by atoms with Gasteiger partial charge in [0.15, 0.2) is 0 Å². The van der Waals surface area contributed by atoms with Crippen LogP contribution in [-0.4, -0.2) is 74.2 Å². The van der Waals surface area contributed by atoms with Gasteiger partial charge >= 0.3 is 6.03 Å². The maximum absolute atomic E-state index is 13.7. The Morgan fingerprint density at radius 1 is 1.03 bits per heavy atom. The predicted molar refractivity (Wildman–Crippen MR) is 138 cm³/mol. The molecule has 2 aliphatic heterocycles. The molecule has 4 rings (SSSR count). The Hall–Kier alpha value is -2.81. The lowest BCUT2D eigenvalue weighted by Crippen LogP contribution is -2.54. The fourth-order valence-corrected chi connectivity index (χ4v) is 4.99. The number of nitrogens with one attached hydrogen (secondary N) is 3. The summed E-state index contributed by atoms with van der Waals surface area (Å²) in [5.74, 6) is 0.421. The standard InChI is InChI=1S/C26H34ClN5O3/c1-35-23-7-3-2-6-22(23)24(30-26(34)29-20-10-8-19(27)9-11-20)25(33)32-17-15-31(16-18-32)21-5-4-13-28-14-12-21/h2-3,6-11,21,24,28H,4-5,12-18H2,1H3,(H2,29,30,34). The van der Waals surface area contributed by atoms with E-state index in [0.29, 0.717) is 41.2 Å². The Morgan fingerprint density at radius 2 is 1.77 bits per heavy atom. The number of piperazine rings is 1. The summed E-state index contributed by atoms with van der Waals surface area (Å²) >= 11 is 5.94. The summed E-state index contributed by atoms with van der Waals surface area (Å²) in [6.45, 7) is 5.08. The van der Waals surface area contributed by atoms with Gasteiger partial charge in [-0.3, -0.25) is 9.69 Å². The van der Waals surface area contributed by atoms with Crippen molar-refractivity contribution in [1.82, 2.24) is 20.4 Å². The molecule has 3 N–H and O–H groups in total. The van der Waals surface area contributed by atoms with Gasteiger partial charge in [-0.15, -0.1) is 0 Å². The molecule has 2 fully saturated rings. The van der Waals surface area contributed by atoms with E-state index in [2.05, 4.69) is 20.9 Å². The molecule has 9 heteroatoms. The van der Waals surface area contributed by atoms with Gasteiger partial charge in [-0.25, -0.2) is 4.79 Å². The van der Waals surface area contributed by atoms with Crippen LogP contribution in [0.4, 0.5) is 10.5 Å². The first-order chi connectivity index (χ1) is 17.0. The topological polar surface area (TPSA) is 85.9 Å². The van der Waals surface area contributed by atoms with Crippen LogP contribution in [0.2, 0.25) is 5.02 Å². The third-order valence-corrected chi connectivity index (χ3v) is 7.01. The summed E-state index contributed by atoms with van der Waals surface area (Å²) < 4.78 is 5.51. The molecule has 2 saturated heterocycles. The molecule has 35 heavy (non-hydrogen) atoms. The van der Waals surface area contributed by atoms with E-state index in [-0.39, 0.29) is 5.91 Å². The molecule has 2 aromatic carbocycles. The van der Waals surface area contributed by atoms with Crippen LogP contribution < -0.4 is 20.7 Å². The predicted octanol–water partition coefficient (Wildman–Crippen LogP) is 3.50. The first-order valence-corrected chi connectivity index (χ1v) is 12.6. The molecule has 2 atom stereocenters. The van der Waals surface area contributed by atoms with Gasteiger partial charge in [-0.1, -0.05) is 29.8 Å². The Bertz CT molecular complexity index is 987. The molecule has 2 unspecified atom stereocenters. The van der Waals surface area contributed by atoms with Crippen LogP contribution >= 0.6 is 11.6 Å². The number of para-hydroxylation sites is 1. The molecule has 0 saturated carbocycles. The number of amides is 3. The van der Waals surface area contributed by atoms with Gasteiger partial charge in [0.2, 0.25) is 5.91 Å². The SMILES string of the molecule is COc1ccccc1C(NC(=O)Nc1ccc(Cl)cc1)C(=O)N1CCN(C2CCCNCC2)CC1. The van der Waals surface area contributed by atoms with Crippen LogP contribution in [0.1, 0.15) is 30.9 Å². The Balaban J connectivity index is 1.46. The zero-order chi connectivity index (χ0) is 24.6. The molecule has 2 aromatic rings. The quantitative estimate of drug-likeness (QED) is 0.566. The average Bonchev–Trinajstić information content (AvgIpc) is 3.18. The summed E-state index contributed by atoms with van der Waals surface area (Å²) in [6.07, 6.45) is 3.52. The number of hydrogen-bond donors (Lipinski definition) is 3. The maximum atomic E-state index is 13.7. The largest absolute Gasteiger partial charge is 0.496 e. The molecule has 2 heterocycles. The van der Waals surface area contributed by atoms with Crippen molar-refractivity contribution in [3.8, 4) is 5.75 Å². The van der Waals surface area contributed by atoms with Crippen LogP contribution in [0.3, 0.4) is 0 Å². The van der Waals surface area contributed by atoms with Gasteiger partial charge in [-0.05, 0) is 62.7 Å². The van der Waals surface area contributed by atoms with Crippen molar-refractivity contribution in [1.29, 1.82) is 0 Å². The van der Waals surface area contributed by atoms with E-state index in [0.717, 1.165) is 32.6 Å². The third-order valence-electron chi connectivity index (χ3n) is 6.76. The van der Waals surface area contributed by atoms with Gasteiger partial charge < -0.3 is 25.6 Å². The van der Waals surface area contributed by atoms with E-state index in [1.54, 1.807) is 37.4 Å². The van der Waals surface area contributed by atoms with Crippen molar-refractivity contribution < 1.29 is 14.3 Å². The molecule has 0 bridgehead atoms. The van der Waals surface area contributed by atoms with Crippen molar-refractivity contribution in [3.63, 3.8) is 0 Å². The molecule has 188 valence electrons. The van der Waals surface area contributed by atoms with Gasteiger partial charge in [0.1, 0.15) is 11.8 Å². The fraction of sp³-hybridized carbons (Fsp3) is 0.462. The van der Waals surface area contributed by atoms with E-state index in [4.69, 9.17) is 16.3 Å². The van der Waals surface area contributed by atoms with Crippen LogP contribution in [0.15, 0.2) is 48.5 Å². The second-order valence-corrected chi connectivity index (χ2v) is 9.41. The number of ether oxygens (including phenoxy) is 1. The number of halogens is 1. The van der Waals surface area contributed by atoms with Crippen molar-refractivity contribution in [2.45, 2.75) is 31.3 Å². The highest BCUT2D eigenvalue weighted by molar-refractivity contribution is 6.30. The lowest BCUT2D eigenvalue weighted by molar-refractivity contribution is -0.135. The first-order valence-electron chi connectivity index (χ1n) is 12.2. The Morgan fingerprint density at radius 3 is 2.51 bits per heavy atom. The zero-order valence-corrected chi connectivity index (χ0v) is 20.9. The molecule has 0 aromatic heterocycles. The minimum atomic E-state index is -0.868. The number of anilines is 1. The number of urea groups is 1. The molecule has 0 spiro atoms. The van der Waals surface area contributed by atoms with Crippen molar-refractivity contribution >= 4 is 29.2 Å². The van der Waals surface area contributed by atoms with E-state index in [1.807, 2.05) is 23.1 Å². The first kappa shape index (κ1) is 25.3. The summed E-state index contributed by atoms with van der Waals surface area (Å²) in [5, 5.41) is 9.71. The summed E-state index contributed by atoms with van der Waals surface area (Å²) in [5.41, 5.74) is 1.22. The van der Waals surface area contributed by atoms with E-state index >= 15 is 0 Å². The molecule has 8 nitrogen and oxygen atoms in total. The van der Waals surface area contributed by atoms with Gasteiger partial charge in [0.05, 0.1) is 7.11 Å². The highest BCUT2D eigenvalue weighted by Gasteiger charge is 2.33. The average molecular weight is 500 g/mol. The van der Waals surface area contributed by atoms with Crippen molar-refractivity contribution in [2.75, 3.05) is 51.7 Å². The number of methoxy groups -OCH3 is 1. The van der Waals surface area contributed by atoms with Crippen molar-refractivity contribution in [3.05, 3.63) is 59.1 Å². The highest BCUT2D eigenvalue weighted by atomic mass is 35.5. The number of carbonyl (C=O) groups is 2. The maximum Gasteiger partial charge on any atom is 0.320 e. The van der Waals surface area contributed by atoms with Crippen LogP contribution in [-0.2, 0) is 4.79 Å². The van der Waals surface area contributed by atoms with Crippen LogP contribution in [0.25, 0.3) is 0 Å². The molecule has 0 aliphatic carbocycles. The van der Waals surface area contributed by atoms with Gasteiger partial charge in [0, 0.05) is 48.5 Å². The summed E-state index contributed by atoms with van der Waals surface area (Å²) in [4.78, 5) is 31.0. The molecular weight excluding hydrogens is 466 g/mol. The highest BCUT2D eigenvalue weighted by Crippen LogP contribution is 2.27. The minimum absolute atomic E-state index is 0.136. The molecule has 0 radical (unpaired) electrons. The van der Waals surface area contributed by atoms with Gasteiger partial charge in [0.25, 0.3) is 0 Å². The smallest absolute Gasteiger partial charge is 0.320 e. The lowest BCUT2D eigenvalue weighted by atomic mass is 10.0. The van der Waals surface area contributed by atoms with Gasteiger partial charge in [-0.2, -0.15) is 0 Å². The van der Waals surface area contributed by atoms with Crippen LogP contribution in [0, 0.1) is 0 Å². The summed E-state index contributed by atoms with van der Waals surface area (Å²) in [6, 6.07) is 13.4.